The second kappa shape index (κ2) is 8.44. The lowest BCUT2D eigenvalue weighted by Crippen LogP contribution is -2.15. The van der Waals surface area contributed by atoms with Gasteiger partial charge in [-0.15, -0.1) is 0 Å². The summed E-state index contributed by atoms with van der Waals surface area (Å²) in [6.07, 6.45) is 1.60. The summed E-state index contributed by atoms with van der Waals surface area (Å²) >= 11 is 0. The number of hydrogen-bond acceptors (Lipinski definition) is 6. The normalized spacial score (nSPS) is 14.6. The van der Waals surface area contributed by atoms with Crippen molar-refractivity contribution in [3.63, 3.8) is 0 Å². The third-order valence-electron chi connectivity index (χ3n) is 4.79. The molecule has 1 aliphatic heterocycles. The first-order valence-electron chi connectivity index (χ1n) is 9.86. The van der Waals surface area contributed by atoms with E-state index in [2.05, 4.69) is 4.99 Å². The number of rotatable bonds is 5. The van der Waals surface area contributed by atoms with E-state index >= 15 is 0 Å². The van der Waals surface area contributed by atoms with Crippen molar-refractivity contribution in [1.29, 1.82) is 0 Å². The molecule has 0 amide bonds. The number of fused-ring (bicyclic) bond motifs is 1. The average Bonchev–Trinajstić information content (AvgIpc) is 3.14. The number of aliphatic imine (C=N–C) groups is 1. The molecular weight excluding hydrogens is 394 g/mol. The van der Waals surface area contributed by atoms with Crippen molar-refractivity contribution in [2.45, 2.75) is 13.8 Å². The van der Waals surface area contributed by atoms with Crippen LogP contribution < -0.4 is 9.47 Å². The van der Waals surface area contributed by atoms with Crippen molar-refractivity contribution >= 4 is 34.7 Å². The molecule has 31 heavy (non-hydrogen) atoms. The minimum absolute atomic E-state index is 0.178. The number of carbonyl (C=O) groups excluding carboxylic acids is 2. The van der Waals surface area contributed by atoms with Gasteiger partial charge in [0.1, 0.15) is 0 Å². The van der Waals surface area contributed by atoms with Gasteiger partial charge < -0.3 is 14.2 Å². The smallest absolute Gasteiger partial charge is 0.363 e. The Hall–Kier alpha value is -3.93. The van der Waals surface area contributed by atoms with E-state index in [1.54, 1.807) is 38.1 Å². The van der Waals surface area contributed by atoms with Crippen molar-refractivity contribution in [1.82, 2.24) is 0 Å². The van der Waals surface area contributed by atoms with E-state index in [-0.39, 0.29) is 23.5 Å². The molecule has 4 rings (SSSR count). The first-order valence-corrected chi connectivity index (χ1v) is 9.86. The molecule has 0 saturated carbocycles. The van der Waals surface area contributed by atoms with Crippen LogP contribution in [-0.4, -0.2) is 24.9 Å². The quantitative estimate of drug-likeness (QED) is 0.341. The summed E-state index contributed by atoms with van der Waals surface area (Å²) in [6, 6.07) is 18.7. The molecule has 0 spiro atoms. The Morgan fingerprint density at radius 2 is 1.77 bits per heavy atom. The Kier molecular flexibility index (Phi) is 5.54. The molecule has 0 atom stereocenters. The zero-order chi connectivity index (χ0) is 22.0. The Morgan fingerprint density at radius 1 is 1.00 bits per heavy atom. The largest absolute Gasteiger partial charge is 0.493 e. The van der Waals surface area contributed by atoms with Crippen LogP contribution in [0.2, 0.25) is 0 Å². The predicted octanol–water partition coefficient (Wildman–Crippen LogP) is 4.75. The summed E-state index contributed by atoms with van der Waals surface area (Å²) < 4.78 is 16.1. The number of benzene rings is 3. The molecule has 156 valence electrons. The minimum atomic E-state index is -0.530. The van der Waals surface area contributed by atoms with Gasteiger partial charge in [0.2, 0.25) is 5.90 Å². The van der Waals surface area contributed by atoms with Crippen LogP contribution in [0.4, 0.5) is 0 Å². The van der Waals surface area contributed by atoms with Crippen LogP contribution in [0.5, 0.6) is 11.5 Å². The Labute approximate surface area is 179 Å². The van der Waals surface area contributed by atoms with E-state index in [4.69, 9.17) is 14.2 Å². The van der Waals surface area contributed by atoms with Crippen LogP contribution in [0.15, 0.2) is 71.4 Å². The standard InChI is InChI=1S/C25H21NO5/c1-15(2)24(27)30-21-11-8-16(13-22(21)29-3)12-20-25(28)31-23(26-20)19-10-9-17-6-4-5-7-18(17)14-19/h4-15H,1-3H3. The lowest BCUT2D eigenvalue weighted by molar-refractivity contribution is -0.137. The van der Waals surface area contributed by atoms with Crippen molar-refractivity contribution in [2.24, 2.45) is 10.9 Å². The lowest BCUT2D eigenvalue weighted by Gasteiger charge is -2.11. The number of esters is 2. The van der Waals surface area contributed by atoms with Crippen LogP contribution >= 0.6 is 0 Å². The van der Waals surface area contributed by atoms with Gasteiger partial charge in [0.05, 0.1) is 13.0 Å². The van der Waals surface area contributed by atoms with E-state index < -0.39 is 5.97 Å². The number of cyclic esters (lactones) is 1. The molecule has 3 aromatic carbocycles. The molecule has 0 fully saturated rings. The van der Waals surface area contributed by atoms with Gasteiger partial charge in [-0.2, -0.15) is 0 Å². The second-order valence-corrected chi connectivity index (χ2v) is 7.38. The van der Waals surface area contributed by atoms with Crippen molar-refractivity contribution in [3.05, 3.63) is 77.5 Å². The summed E-state index contributed by atoms with van der Waals surface area (Å²) in [4.78, 5) is 28.6. The van der Waals surface area contributed by atoms with Gasteiger partial charge in [-0.25, -0.2) is 9.79 Å². The third kappa shape index (κ3) is 4.33. The monoisotopic (exact) mass is 415 g/mol. The zero-order valence-corrected chi connectivity index (χ0v) is 17.4. The summed E-state index contributed by atoms with van der Waals surface area (Å²) in [5, 5.41) is 2.13. The lowest BCUT2D eigenvalue weighted by atomic mass is 10.1. The van der Waals surface area contributed by atoms with Crippen LogP contribution in [0, 0.1) is 5.92 Å². The zero-order valence-electron chi connectivity index (χ0n) is 17.4. The molecule has 0 N–H and O–H groups in total. The number of hydrogen-bond donors (Lipinski definition) is 0. The van der Waals surface area contributed by atoms with E-state index in [1.165, 1.54) is 7.11 Å². The molecule has 0 aliphatic carbocycles. The first-order chi connectivity index (χ1) is 14.9. The predicted molar refractivity (Wildman–Crippen MR) is 118 cm³/mol. The van der Waals surface area contributed by atoms with Gasteiger partial charge in [0, 0.05) is 5.56 Å². The van der Waals surface area contributed by atoms with E-state index in [0.29, 0.717) is 17.1 Å². The maximum atomic E-state index is 12.4. The summed E-state index contributed by atoms with van der Waals surface area (Å²) in [6.45, 7) is 3.51. The Morgan fingerprint density at radius 3 is 2.52 bits per heavy atom. The molecule has 0 aromatic heterocycles. The van der Waals surface area contributed by atoms with Crippen LogP contribution in [0.25, 0.3) is 16.8 Å². The minimum Gasteiger partial charge on any atom is -0.493 e. The second-order valence-electron chi connectivity index (χ2n) is 7.38. The van der Waals surface area contributed by atoms with E-state index in [1.807, 2.05) is 42.5 Å². The van der Waals surface area contributed by atoms with Gasteiger partial charge in [-0.3, -0.25) is 4.79 Å². The van der Waals surface area contributed by atoms with Gasteiger partial charge >= 0.3 is 11.9 Å². The van der Waals surface area contributed by atoms with E-state index in [0.717, 1.165) is 16.3 Å². The topological polar surface area (TPSA) is 74.2 Å². The van der Waals surface area contributed by atoms with Gasteiger partial charge in [0.15, 0.2) is 17.2 Å². The van der Waals surface area contributed by atoms with Crippen LogP contribution in [-0.2, 0) is 14.3 Å². The molecule has 1 aliphatic rings. The fourth-order valence-electron chi connectivity index (χ4n) is 3.10. The molecule has 6 heteroatoms. The number of ether oxygens (including phenoxy) is 3. The SMILES string of the molecule is COc1cc(C=C2N=C(c3ccc4ccccc4c3)OC2=O)ccc1OC(=O)C(C)C. The van der Waals surface area contributed by atoms with E-state index in [9.17, 15) is 9.59 Å². The highest BCUT2D eigenvalue weighted by atomic mass is 16.6. The number of nitrogens with zero attached hydrogens (tertiary/aromatic N) is 1. The highest BCUT2D eigenvalue weighted by Crippen LogP contribution is 2.30. The highest BCUT2D eigenvalue weighted by Gasteiger charge is 2.24. The molecule has 0 unspecified atom stereocenters. The molecule has 0 bridgehead atoms. The maximum Gasteiger partial charge on any atom is 0.363 e. The Balaban J connectivity index is 1.62. The van der Waals surface area contributed by atoms with Crippen molar-refractivity contribution in [3.8, 4) is 11.5 Å². The van der Waals surface area contributed by atoms with Crippen molar-refractivity contribution in [2.75, 3.05) is 7.11 Å². The third-order valence-corrected chi connectivity index (χ3v) is 4.79. The number of methoxy groups -OCH3 is 1. The highest BCUT2D eigenvalue weighted by molar-refractivity contribution is 6.13. The fraction of sp³-hybridized carbons (Fsp3) is 0.160. The summed E-state index contributed by atoms with van der Waals surface area (Å²) in [5.41, 5.74) is 1.57. The molecule has 1 heterocycles. The molecular formula is C25H21NO5. The Bertz CT molecular complexity index is 1240. The maximum absolute atomic E-state index is 12.4. The van der Waals surface area contributed by atoms with Gasteiger partial charge in [-0.05, 0) is 46.7 Å². The van der Waals surface area contributed by atoms with Gasteiger partial charge in [0.25, 0.3) is 0 Å². The first kappa shape index (κ1) is 20.3. The summed E-state index contributed by atoms with van der Waals surface area (Å²) in [5.74, 6) is -0.184. The van der Waals surface area contributed by atoms with Crippen LogP contribution in [0.3, 0.4) is 0 Å². The summed E-state index contributed by atoms with van der Waals surface area (Å²) in [7, 11) is 1.48. The van der Waals surface area contributed by atoms with Gasteiger partial charge in [-0.1, -0.05) is 50.2 Å². The molecule has 6 nitrogen and oxygen atoms in total. The molecule has 0 radical (unpaired) electrons. The molecule has 0 saturated heterocycles. The fourth-order valence-corrected chi connectivity index (χ4v) is 3.10. The number of carbonyl (C=O) groups is 2. The van der Waals surface area contributed by atoms with Crippen molar-refractivity contribution < 1.29 is 23.8 Å². The average molecular weight is 415 g/mol. The van der Waals surface area contributed by atoms with Crippen LogP contribution in [0.1, 0.15) is 25.0 Å². The molecule has 3 aromatic rings.